The monoisotopic (exact) mass is 480 g/mol. The zero-order valence-corrected chi connectivity index (χ0v) is 20.1. The maximum Gasteiger partial charge on any atom is 0.410 e. The highest BCUT2D eigenvalue weighted by molar-refractivity contribution is 5.93. The quantitative estimate of drug-likeness (QED) is 0.717. The fourth-order valence-corrected chi connectivity index (χ4v) is 5.81. The van der Waals surface area contributed by atoms with Crippen LogP contribution in [-0.4, -0.2) is 61.3 Å². The van der Waals surface area contributed by atoms with E-state index in [9.17, 15) is 19.5 Å². The topological polar surface area (TPSA) is 105 Å². The molecule has 0 saturated carbocycles. The van der Waals surface area contributed by atoms with Crippen molar-refractivity contribution in [3.05, 3.63) is 52.8 Å². The number of piperidine rings is 2. The molecule has 1 aromatic heterocycles. The summed E-state index contributed by atoms with van der Waals surface area (Å²) in [6.45, 7) is 3.74. The van der Waals surface area contributed by atoms with Crippen LogP contribution in [0.4, 0.5) is 4.79 Å². The Morgan fingerprint density at radius 1 is 1.09 bits per heavy atom. The number of carbonyl (C=O) groups is 3. The molecule has 2 aromatic rings. The van der Waals surface area contributed by atoms with E-state index in [2.05, 4.69) is 5.10 Å². The molecular formula is C26H32N4O5. The number of carbonyl (C=O) groups excluding carboxylic acids is 2. The molecule has 2 bridgehead atoms. The SMILES string of the molecule is Cc1cccc(COC(=O)N2CCCn3nc(C(=O)N4C5CCCC4CC(C(=O)O)C5)cc3C2)c1. The second-order valence-corrected chi connectivity index (χ2v) is 10.0. The van der Waals surface area contributed by atoms with E-state index in [1.807, 2.05) is 40.8 Å². The first kappa shape index (κ1) is 23.4. The van der Waals surface area contributed by atoms with Crippen LogP contribution in [0.25, 0.3) is 0 Å². The fourth-order valence-electron chi connectivity index (χ4n) is 5.81. The van der Waals surface area contributed by atoms with Gasteiger partial charge in [0.25, 0.3) is 5.91 Å². The van der Waals surface area contributed by atoms with Crippen molar-refractivity contribution in [3.63, 3.8) is 0 Å². The van der Waals surface area contributed by atoms with Gasteiger partial charge in [0.1, 0.15) is 6.61 Å². The minimum Gasteiger partial charge on any atom is -0.481 e. The van der Waals surface area contributed by atoms with Gasteiger partial charge in [-0.25, -0.2) is 4.79 Å². The Morgan fingerprint density at radius 2 is 1.86 bits per heavy atom. The highest BCUT2D eigenvalue weighted by Crippen LogP contribution is 2.38. The molecule has 1 aromatic carbocycles. The van der Waals surface area contributed by atoms with Crippen molar-refractivity contribution in [2.45, 2.75) is 77.2 Å². The van der Waals surface area contributed by atoms with E-state index in [0.29, 0.717) is 38.2 Å². The second-order valence-electron chi connectivity index (χ2n) is 10.0. The lowest BCUT2D eigenvalue weighted by Crippen LogP contribution is -2.55. The molecule has 186 valence electrons. The molecule has 2 fully saturated rings. The molecule has 0 spiro atoms. The van der Waals surface area contributed by atoms with Gasteiger partial charge >= 0.3 is 12.1 Å². The largest absolute Gasteiger partial charge is 0.481 e. The second kappa shape index (κ2) is 9.71. The molecule has 5 rings (SSSR count). The maximum atomic E-state index is 13.5. The molecule has 35 heavy (non-hydrogen) atoms. The number of carboxylic acid groups (broad SMARTS) is 1. The predicted octanol–water partition coefficient (Wildman–Crippen LogP) is 3.59. The molecule has 2 saturated heterocycles. The zero-order chi connectivity index (χ0) is 24.5. The van der Waals surface area contributed by atoms with Crippen LogP contribution in [0.3, 0.4) is 0 Å². The summed E-state index contributed by atoms with van der Waals surface area (Å²) >= 11 is 0. The van der Waals surface area contributed by atoms with Crippen LogP contribution in [0.2, 0.25) is 0 Å². The van der Waals surface area contributed by atoms with E-state index in [1.54, 1.807) is 11.0 Å². The summed E-state index contributed by atoms with van der Waals surface area (Å²) in [7, 11) is 0. The van der Waals surface area contributed by atoms with Crippen molar-refractivity contribution in [1.29, 1.82) is 0 Å². The summed E-state index contributed by atoms with van der Waals surface area (Å²) in [5.74, 6) is -1.28. The number of nitrogens with zero attached hydrogens (tertiary/aromatic N) is 4. The summed E-state index contributed by atoms with van der Waals surface area (Å²) in [6.07, 6.45) is 4.04. The Kier molecular flexibility index (Phi) is 6.49. The lowest BCUT2D eigenvalue weighted by atomic mass is 9.78. The van der Waals surface area contributed by atoms with Crippen LogP contribution in [0.15, 0.2) is 30.3 Å². The van der Waals surface area contributed by atoms with E-state index in [4.69, 9.17) is 4.74 Å². The summed E-state index contributed by atoms with van der Waals surface area (Å²) in [5, 5.41) is 14.1. The Balaban J connectivity index is 1.26. The number of ether oxygens (including phenoxy) is 1. The van der Waals surface area contributed by atoms with Gasteiger partial charge in [-0.05, 0) is 57.1 Å². The molecule has 3 aliphatic heterocycles. The van der Waals surface area contributed by atoms with Gasteiger partial charge in [0.05, 0.1) is 18.2 Å². The standard InChI is InChI=1S/C26H32N4O5/c1-17-5-2-6-18(11-17)16-35-26(34)28-9-4-10-29-22(15-28)14-23(27-29)24(31)30-20-7-3-8-21(30)13-19(12-20)25(32)33/h2,5-6,11,14,19-21H,3-4,7-10,12-13,15-16H2,1H3,(H,32,33). The van der Waals surface area contributed by atoms with Gasteiger partial charge in [-0.1, -0.05) is 29.8 Å². The Labute approximate surface area is 204 Å². The number of carboxylic acids is 1. The van der Waals surface area contributed by atoms with Crippen LogP contribution < -0.4 is 0 Å². The maximum absolute atomic E-state index is 13.5. The van der Waals surface area contributed by atoms with Gasteiger partial charge in [-0.2, -0.15) is 5.10 Å². The number of fused-ring (bicyclic) bond motifs is 3. The lowest BCUT2D eigenvalue weighted by Gasteiger charge is -2.47. The first-order valence-electron chi connectivity index (χ1n) is 12.5. The van der Waals surface area contributed by atoms with Gasteiger partial charge in [0, 0.05) is 25.2 Å². The molecule has 4 heterocycles. The van der Waals surface area contributed by atoms with Gasteiger partial charge < -0.3 is 19.6 Å². The Hall–Kier alpha value is -3.36. The van der Waals surface area contributed by atoms with E-state index in [0.717, 1.165) is 42.5 Å². The number of aromatic nitrogens is 2. The van der Waals surface area contributed by atoms with Crippen LogP contribution in [-0.2, 0) is 29.2 Å². The number of aryl methyl sites for hydroxylation is 2. The van der Waals surface area contributed by atoms with Crippen LogP contribution in [0.5, 0.6) is 0 Å². The Morgan fingerprint density at radius 3 is 2.57 bits per heavy atom. The third-order valence-corrected chi connectivity index (χ3v) is 7.49. The number of amides is 2. The fraction of sp³-hybridized carbons (Fsp3) is 0.538. The van der Waals surface area contributed by atoms with Crippen LogP contribution in [0.1, 0.15) is 65.8 Å². The van der Waals surface area contributed by atoms with Crippen molar-refractivity contribution in [1.82, 2.24) is 19.6 Å². The molecule has 2 atom stereocenters. The Bertz CT molecular complexity index is 1110. The van der Waals surface area contributed by atoms with Crippen molar-refractivity contribution >= 4 is 18.0 Å². The van der Waals surface area contributed by atoms with E-state index in [1.165, 1.54) is 0 Å². The summed E-state index contributed by atoms with van der Waals surface area (Å²) in [5.41, 5.74) is 3.25. The average Bonchev–Trinajstić information content (AvgIpc) is 3.12. The van der Waals surface area contributed by atoms with Crippen molar-refractivity contribution in [3.8, 4) is 0 Å². The third kappa shape index (κ3) is 4.90. The number of hydrogen-bond acceptors (Lipinski definition) is 5. The molecule has 2 amide bonds. The van der Waals surface area contributed by atoms with E-state index in [-0.39, 0.29) is 36.6 Å². The van der Waals surface area contributed by atoms with Gasteiger partial charge in [0.2, 0.25) is 0 Å². The highest BCUT2D eigenvalue weighted by Gasteiger charge is 2.43. The van der Waals surface area contributed by atoms with E-state index < -0.39 is 5.97 Å². The number of aliphatic carboxylic acids is 1. The summed E-state index contributed by atoms with van der Waals surface area (Å²) in [4.78, 5) is 41.4. The van der Waals surface area contributed by atoms with Crippen LogP contribution in [0, 0.1) is 12.8 Å². The summed E-state index contributed by atoms with van der Waals surface area (Å²) < 4.78 is 7.38. The molecule has 1 N–H and O–H groups in total. The highest BCUT2D eigenvalue weighted by atomic mass is 16.6. The molecule has 9 heteroatoms. The van der Waals surface area contributed by atoms with Gasteiger partial charge in [-0.3, -0.25) is 14.3 Å². The third-order valence-electron chi connectivity index (χ3n) is 7.49. The summed E-state index contributed by atoms with van der Waals surface area (Å²) in [6, 6.07) is 9.56. The van der Waals surface area contributed by atoms with E-state index >= 15 is 0 Å². The molecule has 2 unspecified atom stereocenters. The first-order valence-corrected chi connectivity index (χ1v) is 12.5. The number of rotatable bonds is 4. The first-order chi connectivity index (χ1) is 16.9. The molecular weight excluding hydrogens is 448 g/mol. The van der Waals surface area contributed by atoms with Crippen molar-refractivity contribution in [2.75, 3.05) is 6.54 Å². The normalized spacial score (nSPS) is 23.9. The molecule has 0 radical (unpaired) electrons. The molecule has 9 nitrogen and oxygen atoms in total. The minimum atomic E-state index is -0.767. The lowest BCUT2D eigenvalue weighted by molar-refractivity contribution is -0.145. The smallest absolute Gasteiger partial charge is 0.410 e. The molecule has 0 aliphatic carbocycles. The number of hydrogen-bond donors (Lipinski definition) is 1. The minimum absolute atomic E-state index is 0.0503. The van der Waals surface area contributed by atoms with Crippen molar-refractivity contribution < 1.29 is 24.2 Å². The van der Waals surface area contributed by atoms with Gasteiger partial charge in [0.15, 0.2) is 5.69 Å². The molecule has 3 aliphatic rings. The average molecular weight is 481 g/mol. The van der Waals surface area contributed by atoms with Crippen LogP contribution >= 0.6 is 0 Å². The van der Waals surface area contributed by atoms with Gasteiger partial charge in [-0.15, -0.1) is 0 Å². The number of benzene rings is 1. The predicted molar refractivity (Wildman–Crippen MR) is 127 cm³/mol. The van der Waals surface area contributed by atoms with Crippen molar-refractivity contribution in [2.24, 2.45) is 5.92 Å². The zero-order valence-electron chi connectivity index (χ0n) is 20.1.